The van der Waals surface area contributed by atoms with E-state index in [4.69, 9.17) is 4.74 Å². The molecule has 0 spiro atoms. The van der Waals surface area contributed by atoms with Crippen molar-refractivity contribution in [3.8, 4) is 0 Å². The van der Waals surface area contributed by atoms with Gasteiger partial charge in [0.05, 0.1) is 6.10 Å². The third kappa shape index (κ3) is 5.33. The van der Waals surface area contributed by atoms with Crippen LogP contribution >= 0.6 is 11.8 Å². The fourth-order valence-corrected chi connectivity index (χ4v) is 2.48. The average Bonchev–Trinajstić information content (AvgIpc) is 2.28. The Bertz CT molecular complexity index is 311. The molecule has 0 bridgehead atoms. The molecule has 0 aliphatic carbocycles. The number of Topliss-reactive ketones (excluding diaryl/α,β-unsaturated/α-hetero) is 1. The standard InChI is InChI=1S/C13H18O2S/c1-11(14)8-13(15-2)10-16-9-12-6-4-3-5-7-12/h3-7,13H,8-10H2,1-2H3. The van der Waals surface area contributed by atoms with Gasteiger partial charge in [0.2, 0.25) is 0 Å². The zero-order valence-corrected chi connectivity index (χ0v) is 10.6. The molecular formula is C13H18O2S. The minimum Gasteiger partial charge on any atom is -0.380 e. The van der Waals surface area contributed by atoms with Crippen LogP contribution in [0.25, 0.3) is 0 Å². The molecule has 0 fully saturated rings. The summed E-state index contributed by atoms with van der Waals surface area (Å²) >= 11 is 1.80. The summed E-state index contributed by atoms with van der Waals surface area (Å²) < 4.78 is 5.26. The molecule has 2 nitrogen and oxygen atoms in total. The maximum Gasteiger partial charge on any atom is 0.132 e. The first-order valence-corrected chi connectivity index (χ1v) is 6.51. The van der Waals surface area contributed by atoms with E-state index >= 15 is 0 Å². The Morgan fingerprint density at radius 1 is 1.38 bits per heavy atom. The van der Waals surface area contributed by atoms with Crippen LogP contribution in [-0.4, -0.2) is 24.7 Å². The third-order valence-corrected chi connectivity index (χ3v) is 3.41. The lowest BCUT2D eigenvalue weighted by Gasteiger charge is -2.12. The number of carbonyl (C=O) groups excluding carboxylic acids is 1. The molecular weight excluding hydrogens is 220 g/mol. The molecule has 0 N–H and O–H groups in total. The molecule has 0 radical (unpaired) electrons. The van der Waals surface area contributed by atoms with E-state index in [1.807, 2.05) is 18.2 Å². The predicted molar refractivity (Wildman–Crippen MR) is 68.7 cm³/mol. The molecule has 88 valence electrons. The summed E-state index contributed by atoms with van der Waals surface area (Å²) in [6.45, 7) is 1.61. The summed E-state index contributed by atoms with van der Waals surface area (Å²) in [4.78, 5) is 11.0. The number of hydrogen-bond acceptors (Lipinski definition) is 3. The lowest BCUT2D eigenvalue weighted by molar-refractivity contribution is -0.119. The van der Waals surface area contributed by atoms with Crippen molar-refractivity contribution in [1.29, 1.82) is 0 Å². The summed E-state index contributed by atoms with van der Waals surface area (Å²) in [5.41, 5.74) is 1.31. The van der Waals surface area contributed by atoms with Crippen molar-refractivity contribution in [3.05, 3.63) is 35.9 Å². The van der Waals surface area contributed by atoms with Crippen LogP contribution in [0.5, 0.6) is 0 Å². The van der Waals surface area contributed by atoms with Gasteiger partial charge in [-0.15, -0.1) is 0 Å². The molecule has 16 heavy (non-hydrogen) atoms. The van der Waals surface area contributed by atoms with Crippen molar-refractivity contribution in [2.45, 2.75) is 25.2 Å². The Morgan fingerprint density at radius 3 is 2.62 bits per heavy atom. The monoisotopic (exact) mass is 238 g/mol. The van der Waals surface area contributed by atoms with Crippen molar-refractivity contribution >= 4 is 17.5 Å². The van der Waals surface area contributed by atoms with Crippen LogP contribution in [0.15, 0.2) is 30.3 Å². The summed E-state index contributed by atoms with van der Waals surface area (Å²) in [6.07, 6.45) is 0.560. The highest BCUT2D eigenvalue weighted by Crippen LogP contribution is 2.15. The highest BCUT2D eigenvalue weighted by molar-refractivity contribution is 7.98. The minimum absolute atomic E-state index is 0.0474. The lowest BCUT2D eigenvalue weighted by Crippen LogP contribution is -2.17. The van der Waals surface area contributed by atoms with Gasteiger partial charge in [-0.25, -0.2) is 0 Å². The molecule has 3 heteroatoms. The number of thioether (sulfide) groups is 1. The van der Waals surface area contributed by atoms with Gasteiger partial charge in [0.15, 0.2) is 0 Å². The van der Waals surface area contributed by atoms with E-state index in [2.05, 4.69) is 12.1 Å². The SMILES string of the molecule is COC(CSCc1ccccc1)CC(C)=O. The van der Waals surface area contributed by atoms with Gasteiger partial charge in [-0.3, -0.25) is 4.79 Å². The first-order chi connectivity index (χ1) is 7.72. The van der Waals surface area contributed by atoms with Crippen LogP contribution in [0.2, 0.25) is 0 Å². The normalized spacial score (nSPS) is 12.4. The van der Waals surface area contributed by atoms with E-state index in [9.17, 15) is 4.79 Å². The zero-order chi connectivity index (χ0) is 11.8. The van der Waals surface area contributed by atoms with Gasteiger partial charge in [-0.2, -0.15) is 11.8 Å². The Kier molecular flexibility index (Phi) is 6.19. The second-order valence-corrected chi connectivity index (χ2v) is 4.79. The van der Waals surface area contributed by atoms with E-state index in [0.29, 0.717) is 6.42 Å². The molecule has 1 aromatic rings. The molecule has 1 rings (SSSR count). The number of ketones is 1. The Hall–Kier alpha value is -0.800. The fourth-order valence-electron chi connectivity index (χ4n) is 1.41. The molecule has 1 atom stereocenters. The van der Waals surface area contributed by atoms with Gasteiger partial charge in [0.1, 0.15) is 5.78 Å². The number of benzene rings is 1. The summed E-state index contributed by atoms with van der Waals surface area (Å²) in [5, 5.41) is 0. The van der Waals surface area contributed by atoms with Crippen LogP contribution in [0.1, 0.15) is 18.9 Å². The molecule has 0 saturated carbocycles. The Morgan fingerprint density at radius 2 is 2.06 bits per heavy atom. The number of hydrogen-bond donors (Lipinski definition) is 0. The van der Waals surface area contributed by atoms with Gasteiger partial charge >= 0.3 is 0 Å². The van der Waals surface area contributed by atoms with Gasteiger partial charge < -0.3 is 4.74 Å². The van der Waals surface area contributed by atoms with Crippen molar-refractivity contribution in [2.24, 2.45) is 0 Å². The van der Waals surface area contributed by atoms with Crippen molar-refractivity contribution < 1.29 is 9.53 Å². The van der Waals surface area contributed by atoms with Crippen LogP contribution in [-0.2, 0) is 15.3 Å². The van der Waals surface area contributed by atoms with Gasteiger partial charge in [-0.05, 0) is 12.5 Å². The van der Waals surface area contributed by atoms with E-state index in [1.54, 1.807) is 25.8 Å². The Balaban J connectivity index is 2.26. The minimum atomic E-state index is 0.0474. The van der Waals surface area contributed by atoms with E-state index in [0.717, 1.165) is 11.5 Å². The second kappa shape index (κ2) is 7.47. The molecule has 1 aromatic carbocycles. The fraction of sp³-hybridized carbons (Fsp3) is 0.462. The van der Waals surface area contributed by atoms with Gasteiger partial charge in [0, 0.05) is 25.0 Å². The largest absolute Gasteiger partial charge is 0.380 e. The van der Waals surface area contributed by atoms with Crippen LogP contribution in [0.3, 0.4) is 0 Å². The van der Waals surface area contributed by atoms with Crippen molar-refractivity contribution in [1.82, 2.24) is 0 Å². The highest BCUT2D eigenvalue weighted by atomic mass is 32.2. The number of methoxy groups -OCH3 is 1. The average molecular weight is 238 g/mol. The molecule has 0 amide bonds. The van der Waals surface area contributed by atoms with E-state index in [1.165, 1.54) is 5.56 Å². The molecule has 0 saturated heterocycles. The highest BCUT2D eigenvalue weighted by Gasteiger charge is 2.09. The summed E-state index contributed by atoms with van der Waals surface area (Å²) in [6, 6.07) is 10.3. The number of carbonyl (C=O) groups is 1. The van der Waals surface area contributed by atoms with Crippen LogP contribution < -0.4 is 0 Å². The van der Waals surface area contributed by atoms with Gasteiger partial charge in [0.25, 0.3) is 0 Å². The maximum atomic E-state index is 11.0. The molecule has 0 aromatic heterocycles. The zero-order valence-electron chi connectivity index (χ0n) is 9.81. The van der Waals surface area contributed by atoms with Crippen LogP contribution in [0, 0.1) is 0 Å². The van der Waals surface area contributed by atoms with Crippen molar-refractivity contribution in [2.75, 3.05) is 12.9 Å². The number of rotatable bonds is 7. The first-order valence-electron chi connectivity index (χ1n) is 5.36. The van der Waals surface area contributed by atoms with Crippen molar-refractivity contribution in [3.63, 3.8) is 0 Å². The topological polar surface area (TPSA) is 26.3 Å². The molecule has 0 heterocycles. The van der Waals surface area contributed by atoms with E-state index in [-0.39, 0.29) is 11.9 Å². The number of ether oxygens (including phenoxy) is 1. The predicted octanol–water partition coefficient (Wildman–Crippen LogP) is 2.91. The van der Waals surface area contributed by atoms with Gasteiger partial charge in [-0.1, -0.05) is 30.3 Å². The summed E-state index contributed by atoms with van der Waals surface area (Å²) in [7, 11) is 1.66. The Labute approximate surface area is 101 Å². The smallest absolute Gasteiger partial charge is 0.132 e. The molecule has 1 unspecified atom stereocenters. The first kappa shape index (κ1) is 13.3. The summed E-state index contributed by atoms with van der Waals surface area (Å²) in [5.74, 6) is 2.02. The maximum absolute atomic E-state index is 11.0. The molecule has 0 aliphatic rings. The quantitative estimate of drug-likeness (QED) is 0.730. The third-order valence-electron chi connectivity index (χ3n) is 2.26. The van der Waals surface area contributed by atoms with Crippen LogP contribution in [0.4, 0.5) is 0 Å². The lowest BCUT2D eigenvalue weighted by atomic mass is 10.2. The molecule has 0 aliphatic heterocycles. The van der Waals surface area contributed by atoms with E-state index < -0.39 is 0 Å². The second-order valence-electron chi connectivity index (χ2n) is 3.76.